The van der Waals surface area contributed by atoms with Crippen molar-refractivity contribution in [1.82, 2.24) is 14.2 Å². The van der Waals surface area contributed by atoms with Gasteiger partial charge in [0.15, 0.2) is 0 Å². The lowest BCUT2D eigenvalue weighted by atomic mass is 10.3. The van der Waals surface area contributed by atoms with E-state index >= 15 is 0 Å². The summed E-state index contributed by atoms with van der Waals surface area (Å²) in [5, 5.41) is 1.97. The van der Waals surface area contributed by atoms with Gasteiger partial charge in [0.25, 0.3) is 0 Å². The fraction of sp³-hybridized carbons (Fsp3) is 0.278. The van der Waals surface area contributed by atoms with Crippen LogP contribution in [0.15, 0.2) is 57.4 Å². The SMILES string of the molecule is O=S(=O)(c1ccc(F)cc1)N1CCN(Cc2coc(-c3cccs3)n2)CC1. The van der Waals surface area contributed by atoms with Crippen LogP contribution in [0.3, 0.4) is 0 Å². The van der Waals surface area contributed by atoms with Gasteiger partial charge in [-0.1, -0.05) is 6.07 Å². The third-order valence-corrected chi connectivity index (χ3v) is 7.22. The second kappa shape index (κ2) is 7.51. The minimum atomic E-state index is -3.59. The monoisotopic (exact) mass is 407 g/mol. The van der Waals surface area contributed by atoms with Crippen molar-refractivity contribution in [2.24, 2.45) is 0 Å². The van der Waals surface area contributed by atoms with E-state index in [2.05, 4.69) is 9.88 Å². The molecule has 0 amide bonds. The minimum absolute atomic E-state index is 0.120. The Kier molecular flexibility index (Phi) is 5.09. The molecule has 0 N–H and O–H groups in total. The number of nitrogens with zero attached hydrogens (tertiary/aromatic N) is 3. The molecule has 27 heavy (non-hydrogen) atoms. The van der Waals surface area contributed by atoms with Crippen LogP contribution in [-0.2, 0) is 16.6 Å². The summed E-state index contributed by atoms with van der Waals surface area (Å²) in [6.45, 7) is 2.58. The number of rotatable bonds is 5. The van der Waals surface area contributed by atoms with Gasteiger partial charge < -0.3 is 4.42 Å². The van der Waals surface area contributed by atoms with Gasteiger partial charge in [0.1, 0.15) is 12.1 Å². The van der Waals surface area contributed by atoms with E-state index in [0.29, 0.717) is 38.6 Å². The zero-order valence-electron chi connectivity index (χ0n) is 14.4. The van der Waals surface area contributed by atoms with Crippen LogP contribution in [-0.4, -0.2) is 48.8 Å². The van der Waals surface area contributed by atoms with Gasteiger partial charge in [-0.25, -0.2) is 17.8 Å². The molecular formula is C18H18FN3O3S2. The highest BCUT2D eigenvalue weighted by atomic mass is 32.2. The molecule has 3 heterocycles. The average molecular weight is 407 g/mol. The highest BCUT2D eigenvalue weighted by molar-refractivity contribution is 7.89. The van der Waals surface area contributed by atoms with E-state index in [1.165, 1.54) is 28.6 Å². The summed E-state index contributed by atoms with van der Waals surface area (Å²) in [5.41, 5.74) is 0.827. The average Bonchev–Trinajstić information content (AvgIpc) is 3.34. The van der Waals surface area contributed by atoms with Crippen molar-refractivity contribution >= 4 is 21.4 Å². The van der Waals surface area contributed by atoms with Gasteiger partial charge in [0.05, 0.1) is 15.5 Å². The number of sulfonamides is 1. The summed E-state index contributed by atoms with van der Waals surface area (Å²) in [7, 11) is -3.59. The van der Waals surface area contributed by atoms with Crippen LogP contribution in [0.4, 0.5) is 4.39 Å². The molecular weight excluding hydrogens is 389 g/mol. The van der Waals surface area contributed by atoms with Crippen molar-refractivity contribution < 1.29 is 17.2 Å². The minimum Gasteiger partial charge on any atom is -0.444 e. The second-order valence-corrected chi connectivity index (χ2v) is 9.14. The van der Waals surface area contributed by atoms with Gasteiger partial charge in [0.2, 0.25) is 15.9 Å². The Morgan fingerprint density at radius 2 is 1.85 bits per heavy atom. The van der Waals surface area contributed by atoms with E-state index in [-0.39, 0.29) is 4.90 Å². The third kappa shape index (κ3) is 3.96. The maximum Gasteiger partial charge on any atom is 0.243 e. The molecule has 3 aromatic rings. The van der Waals surface area contributed by atoms with Crippen LogP contribution < -0.4 is 0 Å². The van der Waals surface area contributed by atoms with Gasteiger partial charge in [0, 0.05) is 32.7 Å². The Balaban J connectivity index is 1.37. The molecule has 1 aliphatic rings. The molecule has 0 radical (unpaired) electrons. The van der Waals surface area contributed by atoms with Gasteiger partial charge in [-0.2, -0.15) is 4.31 Å². The molecule has 1 saturated heterocycles. The first kappa shape index (κ1) is 18.3. The summed E-state index contributed by atoms with van der Waals surface area (Å²) in [6, 6.07) is 8.85. The summed E-state index contributed by atoms with van der Waals surface area (Å²) in [5.74, 6) is 0.158. The number of piperazine rings is 1. The predicted molar refractivity (Wildman–Crippen MR) is 100 cm³/mol. The lowest BCUT2D eigenvalue weighted by molar-refractivity contribution is 0.180. The molecule has 0 aliphatic carbocycles. The molecule has 0 spiro atoms. The first-order chi connectivity index (χ1) is 13.0. The van der Waals surface area contributed by atoms with Crippen molar-refractivity contribution in [1.29, 1.82) is 0 Å². The van der Waals surface area contributed by atoms with E-state index in [0.717, 1.165) is 10.6 Å². The van der Waals surface area contributed by atoms with Crippen molar-refractivity contribution in [3.63, 3.8) is 0 Å². The number of hydrogen-bond donors (Lipinski definition) is 0. The maximum atomic E-state index is 13.0. The molecule has 0 bridgehead atoms. The van der Waals surface area contributed by atoms with Crippen LogP contribution in [0, 0.1) is 5.82 Å². The Morgan fingerprint density at radius 1 is 1.11 bits per heavy atom. The molecule has 0 saturated carbocycles. The van der Waals surface area contributed by atoms with Gasteiger partial charge in [-0.3, -0.25) is 4.90 Å². The molecule has 2 aromatic heterocycles. The standard InChI is InChI=1S/C18H18FN3O3S2/c19-14-3-5-16(6-4-14)27(23,24)22-9-7-21(8-10-22)12-15-13-25-18(20-15)17-2-1-11-26-17/h1-6,11,13H,7-10,12H2. The van der Waals surface area contributed by atoms with Crippen molar-refractivity contribution in [3.8, 4) is 10.8 Å². The number of oxazole rings is 1. The quantitative estimate of drug-likeness (QED) is 0.650. The predicted octanol–water partition coefficient (Wildman–Crippen LogP) is 3.05. The van der Waals surface area contributed by atoms with Crippen LogP contribution >= 0.6 is 11.3 Å². The fourth-order valence-electron chi connectivity index (χ4n) is 3.01. The molecule has 4 rings (SSSR count). The molecule has 1 fully saturated rings. The van der Waals surface area contributed by atoms with Crippen LogP contribution in [0.1, 0.15) is 5.69 Å². The summed E-state index contributed by atoms with van der Waals surface area (Å²) < 4.78 is 45.3. The Morgan fingerprint density at radius 3 is 2.52 bits per heavy atom. The van der Waals surface area contributed by atoms with E-state index in [4.69, 9.17) is 4.42 Å². The van der Waals surface area contributed by atoms with Crippen LogP contribution in [0.5, 0.6) is 0 Å². The summed E-state index contributed by atoms with van der Waals surface area (Å²) in [4.78, 5) is 7.75. The van der Waals surface area contributed by atoms with Gasteiger partial charge >= 0.3 is 0 Å². The van der Waals surface area contributed by atoms with Crippen molar-refractivity contribution in [2.75, 3.05) is 26.2 Å². The highest BCUT2D eigenvalue weighted by Crippen LogP contribution is 2.24. The fourth-order valence-corrected chi connectivity index (χ4v) is 5.08. The molecule has 1 aromatic carbocycles. The van der Waals surface area contributed by atoms with E-state index < -0.39 is 15.8 Å². The number of aromatic nitrogens is 1. The topological polar surface area (TPSA) is 66.7 Å². The molecule has 0 atom stereocenters. The van der Waals surface area contributed by atoms with Crippen molar-refractivity contribution in [3.05, 3.63) is 59.6 Å². The zero-order chi connectivity index (χ0) is 18.9. The number of hydrogen-bond acceptors (Lipinski definition) is 6. The Bertz CT molecular complexity index is 993. The second-order valence-electron chi connectivity index (χ2n) is 6.26. The van der Waals surface area contributed by atoms with E-state index in [1.807, 2.05) is 17.5 Å². The van der Waals surface area contributed by atoms with Gasteiger partial charge in [-0.15, -0.1) is 11.3 Å². The Hall–Kier alpha value is -2.07. The molecule has 9 heteroatoms. The van der Waals surface area contributed by atoms with E-state index in [1.54, 1.807) is 17.6 Å². The normalized spacial score (nSPS) is 16.6. The van der Waals surface area contributed by atoms with Crippen molar-refractivity contribution in [2.45, 2.75) is 11.4 Å². The zero-order valence-corrected chi connectivity index (χ0v) is 16.0. The smallest absolute Gasteiger partial charge is 0.243 e. The maximum absolute atomic E-state index is 13.0. The van der Waals surface area contributed by atoms with E-state index in [9.17, 15) is 12.8 Å². The molecule has 6 nitrogen and oxygen atoms in total. The lowest BCUT2D eigenvalue weighted by Gasteiger charge is -2.33. The Labute approximate surface area is 160 Å². The van der Waals surface area contributed by atoms with Gasteiger partial charge in [-0.05, 0) is 35.7 Å². The first-order valence-electron chi connectivity index (χ1n) is 8.49. The molecule has 142 valence electrons. The number of thiophene rings is 1. The highest BCUT2D eigenvalue weighted by Gasteiger charge is 2.28. The molecule has 1 aliphatic heterocycles. The lowest BCUT2D eigenvalue weighted by Crippen LogP contribution is -2.48. The number of halogens is 1. The van der Waals surface area contributed by atoms with Crippen LogP contribution in [0.25, 0.3) is 10.8 Å². The van der Waals surface area contributed by atoms with Crippen LogP contribution in [0.2, 0.25) is 0 Å². The first-order valence-corrected chi connectivity index (χ1v) is 10.8. The number of benzene rings is 1. The molecule has 0 unspecified atom stereocenters. The summed E-state index contributed by atoms with van der Waals surface area (Å²) >= 11 is 1.57. The largest absolute Gasteiger partial charge is 0.444 e. The summed E-state index contributed by atoms with van der Waals surface area (Å²) in [6.07, 6.45) is 1.65. The third-order valence-electron chi connectivity index (χ3n) is 4.45.